The fourth-order valence-electron chi connectivity index (χ4n) is 3.31. The summed E-state index contributed by atoms with van der Waals surface area (Å²) in [5, 5.41) is 21.7. The number of hydrogen-bond acceptors (Lipinski definition) is 5. The average Bonchev–Trinajstić information content (AvgIpc) is 3.11. The molecule has 1 heterocycles. The van der Waals surface area contributed by atoms with E-state index in [1.807, 2.05) is 55.6 Å². The van der Waals surface area contributed by atoms with Gasteiger partial charge in [0.2, 0.25) is 0 Å². The fourth-order valence-corrected chi connectivity index (χ4v) is 3.31. The van der Waals surface area contributed by atoms with Crippen LogP contribution in [0.1, 0.15) is 29.8 Å². The van der Waals surface area contributed by atoms with Crippen LogP contribution < -0.4 is 10.1 Å². The molecule has 1 aromatic heterocycles. The Labute approximate surface area is 178 Å². The third-order valence-corrected chi connectivity index (χ3v) is 5.14. The second-order valence-electron chi connectivity index (χ2n) is 7.87. The van der Waals surface area contributed by atoms with E-state index in [1.54, 1.807) is 10.7 Å². The largest absolute Gasteiger partial charge is 0.487 e. The van der Waals surface area contributed by atoms with Crippen molar-refractivity contribution in [1.29, 1.82) is 0 Å². The zero-order valence-electron chi connectivity index (χ0n) is 17.4. The number of fused-ring (bicyclic) bond motifs is 2. The molecule has 2 N–H and O–H groups in total. The summed E-state index contributed by atoms with van der Waals surface area (Å²) in [6.45, 7) is 3.08. The quantitative estimate of drug-likeness (QED) is 0.498. The SMILES string of the molecule is Cn1nnc2cc(COc3c(C(=O)NC(C)(C)C(=O)O)ccc4ccccc34)ccc21. The number of aromatic nitrogens is 3. The normalized spacial score (nSPS) is 11.6. The Hall–Kier alpha value is -3.94. The van der Waals surface area contributed by atoms with Crippen LogP contribution in [0, 0.1) is 0 Å². The van der Waals surface area contributed by atoms with Crippen LogP contribution in [-0.4, -0.2) is 37.5 Å². The molecule has 1 amide bonds. The van der Waals surface area contributed by atoms with Crippen molar-refractivity contribution >= 4 is 33.7 Å². The third kappa shape index (κ3) is 3.92. The van der Waals surface area contributed by atoms with Crippen LogP contribution in [0.3, 0.4) is 0 Å². The van der Waals surface area contributed by atoms with Gasteiger partial charge in [-0.2, -0.15) is 0 Å². The predicted octanol–water partition coefficient (Wildman–Crippen LogP) is 3.29. The summed E-state index contributed by atoms with van der Waals surface area (Å²) >= 11 is 0. The van der Waals surface area contributed by atoms with E-state index >= 15 is 0 Å². The highest BCUT2D eigenvalue weighted by molar-refractivity contribution is 6.05. The molecule has 3 aromatic carbocycles. The van der Waals surface area contributed by atoms with E-state index in [4.69, 9.17) is 4.74 Å². The van der Waals surface area contributed by atoms with Gasteiger partial charge in [0.25, 0.3) is 5.91 Å². The lowest BCUT2D eigenvalue weighted by Crippen LogP contribution is -2.49. The average molecular weight is 418 g/mol. The van der Waals surface area contributed by atoms with Gasteiger partial charge in [-0.3, -0.25) is 4.79 Å². The van der Waals surface area contributed by atoms with E-state index in [2.05, 4.69) is 15.6 Å². The van der Waals surface area contributed by atoms with E-state index in [9.17, 15) is 14.7 Å². The number of amides is 1. The Kier molecular flexibility index (Phi) is 5.06. The number of carbonyl (C=O) groups excluding carboxylic acids is 1. The molecule has 8 heteroatoms. The van der Waals surface area contributed by atoms with Crippen LogP contribution >= 0.6 is 0 Å². The van der Waals surface area contributed by atoms with E-state index in [0.717, 1.165) is 27.4 Å². The second-order valence-corrected chi connectivity index (χ2v) is 7.87. The lowest BCUT2D eigenvalue weighted by atomic mass is 10.0. The van der Waals surface area contributed by atoms with Gasteiger partial charge in [-0.05, 0) is 43.0 Å². The first-order chi connectivity index (χ1) is 14.8. The molecule has 31 heavy (non-hydrogen) atoms. The molecule has 0 saturated heterocycles. The highest BCUT2D eigenvalue weighted by Crippen LogP contribution is 2.31. The summed E-state index contributed by atoms with van der Waals surface area (Å²) in [6, 6.07) is 16.8. The molecular formula is C23H22N4O4. The van der Waals surface area contributed by atoms with Crippen LogP contribution in [0.4, 0.5) is 0 Å². The van der Waals surface area contributed by atoms with Crippen LogP contribution in [0.5, 0.6) is 5.75 Å². The number of aliphatic carboxylic acids is 1. The molecular weight excluding hydrogens is 396 g/mol. The first kappa shape index (κ1) is 20.3. The highest BCUT2D eigenvalue weighted by Gasteiger charge is 2.30. The summed E-state index contributed by atoms with van der Waals surface area (Å²) in [6.07, 6.45) is 0. The molecule has 0 bridgehead atoms. The van der Waals surface area contributed by atoms with Crippen LogP contribution in [0.2, 0.25) is 0 Å². The van der Waals surface area contributed by atoms with Gasteiger partial charge in [0.1, 0.15) is 23.4 Å². The molecule has 4 rings (SSSR count). The fraction of sp³-hybridized carbons (Fsp3) is 0.217. The Morgan fingerprint density at radius 2 is 1.90 bits per heavy atom. The van der Waals surface area contributed by atoms with Gasteiger partial charge in [-0.15, -0.1) is 5.10 Å². The van der Waals surface area contributed by atoms with Crippen molar-refractivity contribution in [3.8, 4) is 5.75 Å². The van der Waals surface area contributed by atoms with Crippen molar-refractivity contribution in [2.24, 2.45) is 7.05 Å². The topological polar surface area (TPSA) is 106 Å². The molecule has 8 nitrogen and oxygen atoms in total. The molecule has 0 atom stereocenters. The maximum Gasteiger partial charge on any atom is 0.328 e. The number of carbonyl (C=O) groups is 2. The summed E-state index contributed by atoms with van der Waals surface area (Å²) in [5.74, 6) is -1.24. The first-order valence-corrected chi connectivity index (χ1v) is 9.75. The smallest absolute Gasteiger partial charge is 0.328 e. The van der Waals surface area contributed by atoms with Gasteiger partial charge >= 0.3 is 5.97 Å². The maximum absolute atomic E-state index is 12.9. The summed E-state index contributed by atoms with van der Waals surface area (Å²) in [7, 11) is 1.82. The van der Waals surface area contributed by atoms with Crippen LogP contribution in [0.25, 0.3) is 21.8 Å². The molecule has 0 aliphatic heterocycles. The summed E-state index contributed by atoms with van der Waals surface area (Å²) in [4.78, 5) is 24.4. The Balaban J connectivity index is 1.69. The summed E-state index contributed by atoms with van der Waals surface area (Å²) < 4.78 is 7.82. The van der Waals surface area contributed by atoms with E-state index in [0.29, 0.717) is 5.75 Å². The standard InChI is InChI=1S/C23H22N4O4/c1-23(2,22(29)30)24-21(28)17-10-9-15-6-4-5-7-16(15)20(17)31-13-14-8-11-19-18(12-14)25-26-27(19)3/h4-12H,13H2,1-3H3,(H,24,28)(H,29,30). The third-order valence-electron chi connectivity index (χ3n) is 5.14. The highest BCUT2D eigenvalue weighted by atomic mass is 16.5. The Morgan fingerprint density at radius 1 is 1.13 bits per heavy atom. The van der Waals surface area contributed by atoms with Crippen molar-refractivity contribution < 1.29 is 19.4 Å². The number of nitrogens with one attached hydrogen (secondary N) is 1. The van der Waals surface area contributed by atoms with Gasteiger partial charge in [-0.1, -0.05) is 41.6 Å². The maximum atomic E-state index is 12.9. The van der Waals surface area contributed by atoms with Gasteiger partial charge in [-0.25, -0.2) is 9.48 Å². The minimum absolute atomic E-state index is 0.211. The molecule has 0 radical (unpaired) electrons. The van der Waals surface area contributed by atoms with Crippen molar-refractivity contribution in [2.45, 2.75) is 26.0 Å². The molecule has 0 unspecified atom stereocenters. The number of rotatable bonds is 6. The monoisotopic (exact) mass is 418 g/mol. The minimum Gasteiger partial charge on any atom is -0.487 e. The van der Waals surface area contributed by atoms with Gasteiger partial charge < -0.3 is 15.2 Å². The van der Waals surface area contributed by atoms with Crippen molar-refractivity contribution in [2.75, 3.05) is 0 Å². The number of carboxylic acids is 1. The van der Waals surface area contributed by atoms with Crippen LogP contribution in [0.15, 0.2) is 54.6 Å². The van der Waals surface area contributed by atoms with E-state index in [-0.39, 0.29) is 12.2 Å². The van der Waals surface area contributed by atoms with Crippen molar-refractivity contribution in [3.63, 3.8) is 0 Å². The summed E-state index contributed by atoms with van der Waals surface area (Å²) in [5.41, 5.74) is 1.39. The van der Waals surface area contributed by atoms with Crippen molar-refractivity contribution in [1.82, 2.24) is 20.3 Å². The number of benzene rings is 3. The zero-order chi connectivity index (χ0) is 22.2. The minimum atomic E-state index is -1.42. The molecule has 0 aliphatic rings. The van der Waals surface area contributed by atoms with E-state index in [1.165, 1.54) is 13.8 Å². The Morgan fingerprint density at radius 3 is 2.68 bits per heavy atom. The number of carboxylic acid groups (broad SMARTS) is 1. The lowest BCUT2D eigenvalue weighted by molar-refractivity contribution is -0.143. The molecule has 0 fully saturated rings. The number of ether oxygens (including phenoxy) is 1. The van der Waals surface area contributed by atoms with Gasteiger partial charge in [0.15, 0.2) is 0 Å². The molecule has 158 valence electrons. The first-order valence-electron chi connectivity index (χ1n) is 9.75. The van der Waals surface area contributed by atoms with Gasteiger partial charge in [0, 0.05) is 12.4 Å². The molecule has 0 saturated carbocycles. The second kappa shape index (κ2) is 7.71. The van der Waals surface area contributed by atoms with Crippen molar-refractivity contribution in [3.05, 3.63) is 65.7 Å². The number of hydrogen-bond donors (Lipinski definition) is 2. The molecule has 0 aliphatic carbocycles. The predicted molar refractivity (Wildman–Crippen MR) is 116 cm³/mol. The van der Waals surface area contributed by atoms with E-state index < -0.39 is 17.4 Å². The molecule has 0 spiro atoms. The molecule has 4 aromatic rings. The Bertz CT molecular complexity index is 1310. The zero-order valence-corrected chi connectivity index (χ0v) is 17.4. The lowest BCUT2D eigenvalue weighted by Gasteiger charge is -2.22. The number of aryl methyl sites for hydroxylation is 1. The van der Waals surface area contributed by atoms with Crippen LogP contribution in [-0.2, 0) is 18.4 Å². The van der Waals surface area contributed by atoms with Gasteiger partial charge in [0.05, 0.1) is 11.1 Å². The number of nitrogens with zero attached hydrogens (tertiary/aromatic N) is 3.